The van der Waals surface area contributed by atoms with E-state index in [0.717, 1.165) is 51.5 Å². The van der Waals surface area contributed by atoms with Gasteiger partial charge in [-0.2, -0.15) is 0 Å². The lowest BCUT2D eigenvalue weighted by atomic mass is 10.2. The first-order chi connectivity index (χ1) is 10.3. The molecule has 2 fully saturated rings. The molecule has 5 nitrogen and oxygen atoms in total. The average Bonchev–Trinajstić information content (AvgIpc) is 3.09. The van der Waals surface area contributed by atoms with Crippen LogP contribution in [0.1, 0.15) is 30.3 Å². The van der Waals surface area contributed by atoms with Gasteiger partial charge in [-0.3, -0.25) is 4.79 Å². The minimum absolute atomic E-state index is 0.0683. The fraction of sp³-hybridized carbons (Fsp3) is 0.625. The molecule has 0 unspecified atom stereocenters. The molecule has 2 saturated heterocycles. The van der Waals surface area contributed by atoms with Crippen LogP contribution in [-0.4, -0.2) is 66.5 Å². The van der Waals surface area contributed by atoms with Crippen LogP contribution in [0.15, 0.2) is 18.3 Å². The van der Waals surface area contributed by atoms with Gasteiger partial charge in [-0.05, 0) is 31.5 Å². The number of carbonyl (C=O) groups is 1. The topological polar surface area (TPSA) is 39.7 Å². The molecule has 21 heavy (non-hydrogen) atoms. The predicted octanol–water partition coefficient (Wildman–Crippen LogP) is 1.46. The smallest absolute Gasteiger partial charge is 0.272 e. The third kappa shape index (κ3) is 3.18. The van der Waals surface area contributed by atoms with Gasteiger partial charge in [0.15, 0.2) is 0 Å². The molecule has 0 spiro atoms. The van der Waals surface area contributed by atoms with E-state index in [9.17, 15) is 4.79 Å². The summed E-state index contributed by atoms with van der Waals surface area (Å²) in [4.78, 5) is 23.5. The third-order valence-corrected chi connectivity index (χ3v) is 4.54. The van der Waals surface area contributed by atoms with Crippen molar-refractivity contribution >= 4 is 11.6 Å². The number of piperazine rings is 1. The molecule has 114 valence electrons. The fourth-order valence-electron chi connectivity index (χ4n) is 3.10. The highest BCUT2D eigenvalue weighted by Crippen LogP contribution is 2.19. The lowest BCUT2D eigenvalue weighted by molar-refractivity contribution is 0.0637. The Morgan fingerprint density at radius 3 is 2.38 bits per heavy atom. The minimum atomic E-state index is 0.0683. The quantitative estimate of drug-likeness (QED) is 0.844. The molecule has 0 N–H and O–H groups in total. The summed E-state index contributed by atoms with van der Waals surface area (Å²) in [6.07, 6.45) is 4.35. The van der Waals surface area contributed by atoms with E-state index in [2.05, 4.69) is 21.7 Å². The highest BCUT2D eigenvalue weighted by atomic mass is 16.2. The number of aromatic nitrogens is 1. The van der Waals surface area contributed by atoms with Gasteiger partial charge < -0.3 is 14.7 Å². The lowest BCUT2D eigenvalue weighted by Crippen LogP contribution is -2.48. The monoisotopic (exact) mass is 288 g/mol. The van der Waals surface area contributed by atoms with Crippen molar-refractivity contribution in [2.45, 2.75) is 19.8 Å². The van der Waals surface area contributed by atoms with Crippen LogP contribution in [0.4, 0.5) is 5.69 Å². The van der Waals surface area contributed by atoms with Crippen molar-refractivity contribution in [1.29, 1.82) is 0 Å². The van der Waals surface area contributed by atoms with Gasteiger partial charge in [0.05, 0.1) is 11.9 Å². The van der Waals surface area contributed by atoms with E-state index in [1.807, 2.05) is 23.2 Å². The maximum absolute atomic E-state index is 12.5. The zero-order valence-electron chi connectivity index (χ0n) is 12.8. The Bertz CT molecular complexity index is 474. The number of carbonyl (C=O) groups excluding carboxylic acids is 1. The fourth-order valence-corrected chi connectivity index (χ4v) is 3.10. The van der Waals surface area contributed by atoms with E-state index >= 15 is 0 Å². The molecule has 3 heterocycles. The summed E-state index contributed by atoms with van der Waals surface area (Å²) >= 11 is 0. The van der Waals surface area contributed by atoms with E-state index in [0.29, 0.717) is 5.69 Å². The standard InChI is InChI=1S/C16H24N4O/c1-2-18-9-11-20(12-10-18)16(21)15-6-5-14(13-17-15)19-7-3-4-8-19/h5-6,13H,2-4,7-12H2,1H3. The number of likely N-dealkylation sites (N-methyl/N-ethyl adjacent to an activating group) is 1. The molecule has 1 amide bonds. The summed E-state index contributed by atoms with van der Waals surface area (Å²) in [5.41, 5.74) is 1.71. The van der Waals surface area contributed by atoms with Gasteiger partial charge in [0.25, 0.3) is 5.91 Å². The van der Waals surface area contributed by atoms with E-state index in [4.69, 9.17) is 0 Å². The van der Waals surface area contributed by atoms with Crippen LogP contribution in [0.25, 0.3) is 0 Å². The first-order valence-corrected chi connectivity index (χ1v) is 8.00. The second-order valence-electron chi connectivity index (χ2n) is 5.82. The summed E-state index contributed by atoms with van der Waals surface area (Å²) < 4.78 is 0. The van der Waals surface area contributed by atoms with Crippen molar-refractivity contribution in [1.82, 2.24) is 14.8 Å². The number of rotatable bonds is 3. The second-order valence-corrected chi connectivity index (χ2v) is 5.82. The lowest BCUT2D eigenvalue weighted by Gasteiger charge is -2.33. The zero-order valence-corrected chi connectivity index (χ0v) is 12.8. The Morgan fingerprint density at radius 1 is 1.10 bits per heavy atom. The molecule has 0 saturated carbocycles. The predicted molar refractivity (Wildman–Crippen MR) is 83.7 cm³/mol. The molecule has 0 aliphatic carbocycles. The first-order valence-electron chi connectivity index (χ1n) is 8.00. The Hall–Kier alpha value is -1.62. The van der Waals surface area contributed by atoms with Crippen LogP contribution in [0.5, 0.6) is 0 Å². The van der Waals surface area contributed by atoms with Crippen LogP contribution in [-0.2, 0) is 0 Å². The molecule has 1 aromatic rings. The molecule has 0 radical (unpaired) electrons. The van der Waals surface area contributed by atoms with Crippen molar-refractivity contribution in [3.05, 3.63) is 24.0 Å². The Balaban J connectivity index is 1.62. The number of hydrogen-bond acceptors (Lipinski definition) is 4. The van der Waals surface area contributed by atoms with Crippen molar-refractivity contribution in [3.63, 3.8) is 0 Å². The zero-order chi connectivity index (χ0) is 14.7. The number of amides is 1. The normalized spacial score (nSPS) is 20.0. The molecule has 5 heteroatoms. The molecule has 2 aliphatic rings. The third-order valence-electron chi connectivity index (χ3n) is 4.54. The minimum Gasteiger partial charge on any atom is -0.370 e. The maximum Gasteiger partial charge on any atom is 0.272 e. The van der Waals surface area contributed by atoms with Crippen molar-refractivity contribution in [2.75, 3.05) is 50.7 Å². The summed E-state index contributed by atoms with van der Waals surface area (Å²) in [6, 6.07) is 3.91. The van der Waals surface area contributed by atoms with Crippen LogP contribution in [0, 0.1) is 0 Å². The SMILES string of the molecule is CCN1CCN(C(=O)c2ccc(N3CCCC3)cn2)CC1. The second kappa shape index (κ2) is 6.43. The Labute approximate surface area is 126 Å². The van der Waals surface area contributed by atoms with Gasteiger partial charge in [-0.15, -0.1) is 0 Å². The molecule has 3 rings (SSSR count). The summed E-state index contributed by atoms with van der Waals surface area (Å²) in [6.45, 7) is 8.98. The molecular formula is C16H24N4O. The Morgan fingerprint density at radius 2 is 1.81 bits per heavy atom. The van der Waals surface area contributed by atoms with Crippen LogP contribution in [0.2, 0.25) is 0 Å². The van der Waals surface area contributed by atoms with Gasteiger partial charge >= 0.3 is 0 Å². The molecule has 2 aliphatic heterocycles. The van der Waals surface area contributed by atoms with Crippen molar-refractivity contribution in [3.8, 4) is 0 Å². The molecule has 1 aromatic heterocycles. The van der Waals surface area contributed by atoms with Crippen LogP contribution in [0.3, 0.4) is 0 Å². The molecule has 0 aromatic carbocycles. The van der Waals surface area contributed by atoms with Crippen LogP contribution >= 0.6 is 0 Å². The number of nitrogens with zero attached hydrogens (tertiary/aromatic N) is 4. The number of anilines is 1. The molecule has 0 bridgehead atoms. The van der Waals surface area contributed by atoms with Crippen LogP contribution < -0.4 is 4.90 Å². The van der Waals surface area contributed by atoms with Gasteiger partial charge in [0.1, 0.15) is 5.69 Å². The van der Waals surface area contributed by atoms with Gasteiger partial charge in [0.2, 0.25) is 0 Å². The van der Waals surface area contributed by atoms with E-state index in [1.54, 1.807) is 0 Å². The van der Waals surface area contributed by atoms with E-state index < -0.39 is 0 Å². The van der Waals surface area contributed by atoms with Gasteiger partial charge in [0, 0.05) is 39.3 Å². The maximum atomic E-state index is 12.5. The highest BCUT2D eigenvalue weighted by Gasteiger charge is 2.22. The first kappa shape index (κ1) is 14.3. The van der Waals surface area contributed by atoms with Crippen molar-refractivity contribution in [2.24, 2.45) is 0 Å². The number of pyridine rings is 1. The summed E-state index contributed by atoms with van der Waals surface area (Å²) in [5, 5.41) is 0. The number of hydrogen-bond donors (Lipinski definition) is 0. The largest absolute Gasteiger partial charge is 0.370 e. The van der Waals surface area contributed by atoms with Crippen molar-refractivity contribution < 1.29 is 4.79 Å². The average molecular weight is 288 g/mol. The van der Waals surface area contributed by atoms with E-state index in [-0.39, 0.29) is 5.91 Å². The summed E-state index contributed by atoms with van der Waals surface area (Å²) in [7, 11) is 0. The van der Waals surface area contributed by atoms with Gasteiger partial charge in [-0.1, -0.05) is 6.92 Å². The Kier molecular flexibility index (Phi) is 4.39. The molecular weight excluding hydrogens is 264 g/mol. The van der Waals surface area contributed by atoms with E-state index in [1.165, 1.54) is 12.8 Å². The highest BCUT2D eigenvalue weighted by molar-refractivity contribution is 5.92. The molecule has 0 atom stereocenters. The summed E-state index contributed by atoms with van der Waals surface area (Å²) in [5.74, 6) is 0.0683. The van der Waals surface area contributed by atoms with Gasteiger partial charge in [-0.25, -0.2) is 4.98 Å².